The molecule has 0 aromatic rings. The molecular weight excluding hydrogens is 153 g/mol. The van der Waals surface area contributed by atoms with Gasteiger partial charge in [0.05, 0.1) is 0 Å². The molecule has 1 atom stereocenters. The summed E-state index contributed by atoms with van der Waals surface area (Å²) < 4.78 is 0.423. The Labute approximate surface area is 54.5 Å². The van der Waals surface area contributed by atoms with Gasteiger partial charge < -0.3 is 0 Å². The third kappa shape index (κ3) is 173. The van der Waals surface area contributed by atoms with Gasteiger partial charge in [0.15, 0.2) is 0 Å². The molecule has 2 heteroatoms. The average Bonchev–Trinajstić information content (AvgIpc) is 1.41. The summed E-state index contributed by atoms with van der Waals surface area (Å²) in [7, 11) is 0. The molecule has 0 aliphatic heterocycles. The van der Waals surface area contributed by atoms with Gasteiger partial charge in [-0.15, -0.1) is 13.2 Å². The van der Waals surface area contributed by atoms with Crippen LogP contribution in [-0.2, 0) is 24.7 Å². The molecule has 0 aliphatic rings. The Kier molecular flexibility index (Phi) is 14.9. The molecule has 35 valence electrons. The van der Waals surface area contributed by atoms with E-state index in [0.717, 1.165) is 0 Å². The first-order valence-electron chi connectivity index (χ1n) is 1.70. The molecule has 0 saturated heterocycles. The Hall–Kier alpha value is 0.583. The second-order valence-electron chi connectivity index (χ2n) is 0.789. The molecule has 0 radical (unpaired) electrons. The van der Waals surface area contributed by atoms with Gasteiger partial charge in [-0.2, -0.15) is 0 Å². The first kappa shape index (κ1) is 9.77. The Morgan fingerprint density at radius 3 is 1.67 bits per heavy atom. The van der Waals surface area contributed by atoms with Crippen LogP contribution in [0.4, 0.5) is 0 Å². The van der Waals surface area contributed by atoms with Crippen LogP contribution in [0, 0.1) is 0 Å². The second kappa shape index (κ2) is 9.13. The molecule has 2 N–H and O–H groups in total. The van der Waals surface area contributed by atoms with Gasteiger partial charge in [0.2, 0.25) is 0 Å². The molecule has 6 heavy (non-hydrogen) atoms. The van der Waals surface area contributed by atoms with Crippen LogP contribution >= 0.6 is 0 Å². The van der Waals surface area contributed by atoms with E-state index in [4.69, 9.17) is 5.73 Å². The molecule has 1 unspecified atom stereocenters. The average molecular weight is 163 g/mol. The van der Waals surface area contributed by atoms with E-state index in [1.54, 1.807) is 0 Å². The van der Waals surface area contributed by atoms with Gasteiger partial charge in [-0.3, -0.25) is 0 Å². The van der Waals surface area contributed by atoms with Crippen LogP contribution in [0.25, 0.3) is 0 Å². The molecule has 1 nitrogen and oxygen atoms in total. The van der Waals surface area contributed by atoms with E-state index in [-0.39, 0.29) is 0 Å². The van der Waals surface area contributed by atoms with Crippen molar-refractivity contribution < 1.29 is 24.7 Å². The van der Waals surface area contributed by atoms with Crippen molar-refractivity contribution in [1.82, 2.24) is 0 Å². The molecule has 0 amide bonds. The molecule has 0 rings (SSSR count). The van der Waals surface area contributed by atoms with Gasteiger partial charge in [0, 0.05) is 0 Å². The summed E-state index contributed by atoms with van der Waals surface area (Å²) in [6.45, 7) is 7.98. The van der Waals surface area contributed by atoms with Crippen molar-refractivity contribution in [3.63, 3.8) is 0 Å². The van der Waals surface area contributed by atoms with Crippen LogP contribution in [0.5, 0.6) is 0 Å². The van der Waals surface area contributed by atoms with E-state index in [2.05, 4.69) is 13.2 Å². The first-order chi connectivity index (χ1) is 2.73. The van der Waals surface area contributed by atoms with Crippen LogP contribution in [0.15, 0.2) is 13.2 Å². The van der Waals surface area contributed by atoms with Gasteiger partial charge in [-0.1, -0.05) is 0 Å². The Balaban J connectivity index is 0. The summed E-state index contributed by atoms with van der Waals surface area (Å²) in [5.41, 5.74) is 5.15. The molecular formula is C4H10NZr. The molecule has 0 heterocycles. The molecule has 0 fully saturated rings. The molecule has 0 bridgehead atoms. The van der Waals surface area contributed by atoms with Crippen LogP contribution in [-0.4, -0.2) is 3.75 Å². The summed E-state index contributed by atoms with van der Waals surface area (Å²) in [6, 6.07) is 0. The maximum absolute atomic E-state index is 5.15. The SMILES string of the molecule is C=C.C[CH](N)[Zr]. The number of hydrogen-bond acceptors (Lipinski definition) is 1. The Bertz CT molecular complexity index is 18.8. The zero-order valence-corrected chi connectivity index (χ0v) is 6.53. The number of rotatable bonds is 0. The minimum atomic E-state index is 0.423. The zero-order valence-electron chi connectivity index (χ0n) is 4.07. The monoisotopic (exact) mass is 162 g/mol. The normalized spacial score (nSPS) is 10.8. The maximum atomic E-state index is 5.15. The molecule has 0 aromatic heterocycles. The number of hydrogen-bond donors (Lipinski definition) is 1. The third-order valence-corrected chi connectivity index (χ3v) is 0. The predicted octanol–water partition coefficient (Wildman–Crippen LogP) is 0.640. The first-order valence-corrected chi connectivity index (χ1v) is 3.12. The van der Waals surface area contributed by atoms with E-state index >= 15 is 0 Å². The zero-order chi connectivity index (χ0) is 5.58. The van der Waals surface area contributed by atoms with Gasteiger partial charge in [-0.25, -0.2) is 0 Å². The van der Waals surface area contributed by atoms with E-state index in [1.807, 2.05) is 6.92 Å². The fraction of sp³-hybridized carbons (Fsp3) is 0.500. The van der Waals surface area contributed by atoms with Crippen molar-refractivity contribution in [2.75, 3.05) is 0 Å². The number of nitrogens with two attached hydrogens (primary N) is 1. The summed E-state index contributed by atoms with van der Waals surface area (Å²) in [5.74, 6) is 0. The Morgan fingerprint density at radius 1 is 1.67 bits per heavy atom. The topological polar surface area (TPSA) is 26.0 Å². The van der Waals surface area contributed by atoms with Crippen molar-refractivity contribution in [3.05, 3.63) is 13.2 Å². The van der Waals surface area contributed by atoms with E-state index in [1.165, 1.54) is 24.7 Å². The van der Waals surface area contributed by atoms with Crippen molar-refractivity contribution in [2.24, 2.45) is 5.73 Å². The minimum absolute atomic E-state index is 0.423. The van der Waals surface area contributed by atoms with Gasteiger partial charge in [-0.05, 0) is 0 Å². The van der Waals surface area contributed by atoms with E-state index in [0.29, 0.717) is 3.75 Å². The fourth-order valence-electron chi connectivity index (χ4n) is 0. The van der Waals surface area contributed by atoms with Crippen molar-refractivity contribution in [3.8, 4) is 0 Å². The quantitative estimate of drug-likeness (QED) is 0.521. The van der Waals surface area contributed by atoms with Crippen molar-refractivity contribution in [2.45, 2.75) is 10.7 Å². The van der Waals surface area contributed by atoms with Gasteiger partial charge in [0.25, 0.3) is 0 Å². The fourth-order valence-corrected chi connectivity index (χ4v) is 0. The van der Waals surface area contributed by atoms with Gasteiger partial charge >= 0.3 is 41.1 Å². The summed E-state index contributed by atoms with van der Waals surface area (Å²) >= 11 is 1.41. The van der Waals surface area contributed by atoms with E-state index < -0.39 is 0 Å². The molecule has 0 aliphatic carbocycles. The van der Waals surface area contributed by atoms with Gasteiger partial charge in [0.1, 0.15) is 0 Å². The Morgan fingerprint density at radius 2 is 1.67 bits per heavy atom. The predicted molar refractivity (Wildman–Crippen MR) is 24.9 cm³/mol. The van der Waals surface area contributed by atoms with Crippen molar-refractivity contribution >= 4 is 0 Å². The molecule has 0 saturated carbocycles. The third-order valence-electron chi connectivity index (χ3n) is 0. The second-order valence-corrected chi connectivity index (χ2v) is 3.03. The van der Waals surface area contributed by atoms with Crippen LogP contribution in [0.2, 0.25) is 0 Å². The van der Waals surface area contributed by atoms with E-state index in [9.17, 15) is 0 Å². The standard InChI is InChI=1S/C2H6N.C2H4.Zr/c1-2-3;1-2;/h2H,3H2,1H3;1-2H2;. The van der Waals surface area contributed by atoms with Crippen LogP contribution in [0.3, 0.4) is 0 Å². The van der Waals surface area contributed by atoms with Crippen molar-refractivity contribution in [1.29, 1.82) is 0 Å². The van der Waals surface area contributed by atoms with Crippen LogP contribution < -0.4 is 5.73 Å². The molecule has 0 spiro atoms. The summed E-state index contributed by atoms with van der Waals surface area (Å²) in [6.07, 6.45) is 0. The molecule has 0 aromatic carbocycles. The van der Waals surface area contributed by atoms with Crippen LogP contribution in [0.1, 0.15) is 6.92 Å². The summed E-state index contributed by atoms with van der Waals surface area (Å²) in [4.78, 5) is 0. The summed E-state index contributed by atoms with van der Waals surface area (Å²) in [5, 5.41) is 0.